The van der Waals surface area contributed by atoms with Crippen LogP contribution in [0.2, 0.25) is 0 Å². The number of rotatable bonds is 0. The highest BCUT2D eigenvalue weighted by atomic mass is 16.5. The van der Waals surface area contributed by atoms with E-state index in [-0.39, 0.29) is 5.60 Å². The number of aromatic hydroxyl groups is 1. The van der Waals surface area contributed by atoms with E-state index < -0.39 is 0 Å². The number of benzene rings is 1. The summed E-state index contributed by atoms with van der Waals surface area (Å²) in [6.45, 7) is 6.36. The second-order valence-corrected chi connectivity index (χ2v) is 5.75. The number of fused-ring (bicyclic) bond motifs is 3. The standard InChI is InChI=1S/C16H18O2/c1-10-4-6-14-12(8-10)13-9-11(17)5-7-15(13)18-16(14,2)3/h4-9,12,14,17H,1-3H3. The van der Waals surface area contributed by atoms with Gasteiger partial charge in [0.2, 0.25) is 0 Å². The Morgan fingerprint density at radius 2 is 2.06 bits per heavy atom. The van der Waals surface area contributed by atoms with Crippen LogP contribution in [0.5, 0.6) is 11.5 Å². The summed E-state index contributed by atoms with van der Waals surface area (Å²) >= 11 is 0. The molecule has 1 N–H and O–H groups in total. The molecule has 2 aliphatic rings. The first-order valence-electron chi connectivity index (χ1n) is 6.36. The molecule has 1 aliphatic carbocycles. The summed E-state index contributed by atoms with van der Waals surface area (Å²) in [5.41, 5.74) is 2.13. The molecule has 2 unspecified atom stereocenters. The van der Waals surface area contributed by atoms with Crippen LogP contribution < -0.4 is 4.74 Å². The minimum absolute atomic E-state index is 0.220. The van der Waals surface area contributed by atoms with E-state index in [1.54, 1.807) is 6.07 Å². The lowest BCUT2D eigenvalue weighted by atomic mass is 9.71. The molecule has 18 heavy (non-hydrogen) atoms. The Bertz CT molecular complexity index is 552. The number of allylic oxidation sites excluding steroid dienone is 3. The van der Waals surface area contributed by atoms with Crippen molar-refractivity contribution in [2.75, 3.05) is 0 Å². The highest BCUT2D eigenvalue weighted by Gasteiger charge is 2.42. The van der Waals surface area contributed by atoms with Crippen LogP contribution >= 0.6 is 0 Å². The molecule has 0 bridgehead atoms. The molecule has 1 aromatic carbocycles. The van der Waals surface area contributed by atoms with Crippen molar-refractivity contribution >= 4 is 0 Å². The van der Waals surface area contributed by atoms with Crippen LogP contribution in [0.25, 0.3) is 0 Å². The van der Waals surface area contributed by atoms with E-state index in [0.29, 0.717) is 17.6 Å². The van der Waals surface area contributed by atoms with Crippen LogP contribution in [0.3, 0.4) is 0 Å². The van der Waals surface area contributed by atoms with Gasteiger partial charge in [0.25, 0.3) is 0 Å². The molecule has 0 spiro atoms. The Kier molecular flexibility index (Phi) is 2.31. The van der Waals surface area contributed by atoms with E-state index in [1.807, 2.05) is 12.1 Å². The number of phenolic OH excluding ortho intramolecular Hbond substituents is 1. The minimum Gasteiger partial charge on any atom is -0.508 e. The Balaban J connectivity index is 2.17. The normalized spacial score (nSPS) is 27.8. The lowest BCUT2D eigenvalue weighted by molar-refractivity contribution is 0.0395. The molecule has 0 radical (unpaired) electrons. The third-order valence-electron chi connectivity index (χ3n) is 3.92. The van der Waals surface area contributed by atoms with Crippen LogP contribution in [0.15, 0.2) is 42.0 Å². The smallest absolute Gasteiger partial charge is 0.124 e. The lowest BCUT2D eigenvalue weighted by Crippen LogP contribution is -2.43. The topological polar surface area (TPSA) is 29.5 Å². The van der Waals surface area contributed by atoms with Crippen LogP contribution in [0, 0.1) is 5.92 Å². The van der Waals surface area contributed by atoms with Gasteiger partial charge in [-0.05, 0) is 39.0 Å². The maximum Gasteiger partial charge on any atom is 0.124 e. The zero-order valence-corrected chi connectivity index (χ0v) is 11.0. The average Bonchev–Trinajstić information content (AvgIpc) is 2.30. The van der Waals surface area contributed by atoms with Crippen LogP contribution in [-0.2, 0) is 0 Å². The average molecular weight is 242 g/mol. The maximum absolute atomic E-state index is 9.68. The Labute approximate surface area is 108 Å². The summed E-state index contributed by atoms with van der Waals surface area (Å²) in [6.07, 6.45) is 6.65. The number of hydrogen-bond donors (Lipinski definition) is 1. The molecule has 94 valence electrons. The molecule has 1 aliphatic heterocycles. The van der Waals surface area contributed by atoms with Gasteiger partial charge in [-0.15, -0.1) is 0 Å². The highest BCUT2D eigenvalue weighted by Crippen LogP contribution is 2.49. The maximum atomic E-state index is 9.68. The quantitative estimate of drug-likeness (QED) is 0.750. The predicted molar refractivity (Wildman–Crippen MR) is 71.9 cm³/mol. The van der Waals surface area contributed by atoms with E-state index in [9.17, 15) is 5.11 Å². The van der Waals surface area contributed by atoms with Crippen molar-refractivity contribution < 1.29 is 9.84 Å². The predicted octanol–water partition coefficient (Wildman–Crippen LogP) is 3.78. The third kappa shape index (κ3) is 1.64. The summed E-state index contributed by atoms with van der Waals surface area (Å²) in [4.78, 5) is 0. The first-order valence-corrected chi connectivity index (χ1v) is 6.36. The molecule has 1 heterocycles. The van der Waals surface area contributed by atoms with Crippen LogP contribution in [0.1, 0.15) is 32.3 Å². The molecular formula is C16H18O2. The van der Waals surface area contributed by atoms with Gasteiger partial charge < -0.3 is 9.84 Å². The number of phenols is 1. The monoisotopic (exact) mass is 242 g/mol. The van der Waals surface area contributed by atoms with Crippen molar-refractivity contribution in [2.45, 2.75) is 32.3 Å². The molecule has 1 aromatic rings. The van der Waals surface area contributed by atoms with Gasteiger partial charge in [0, 0.05) is 17.4 Å². The van der Waals surface area contributed by atoms with Crippen LogP contribution in [0.4, 0.5) is 0 Å². The van der Waals surface area contributed by atoms with Crippen molar-refractivity contribution in [3.63, 3.8) is 0 Å². The zero-order valence-electron chi connectivity index (χ0n) is 11.0. The molecule has 0 saturated heterocycles. The van der Waals surface area contributed by atoms with Gasteiger partial charge in [0.05, 0.1) is 0 Å². The molecule has 2 atom stereocenters. The van der Waals surface area contributed by atoms with Gasteiger partial charge in [-0.25, -0.2) is 0 Å². The van der Waals surface area contributed by atoms with Crippen molar-refractivity contribution in [1.29, 1.82) is 0 Å². The van der Waals surface area contributed by atoms with Crippen molar-refractivity contribution in [3.05, 3.63) is 47.6 Å². The van der Waals surface area contributed by atoms with Gasteiger partial charge in [-0.2, -0.15) is 0 Å². The van der Waals surface area contributed by atoms with Crippen molar-refractivity contribution in [2.24, 2.45) is 5.92 Å². The number of hydrogen-bond acceptors (Lipinski definition) is 2. The van der Waals surface area contributed by atoms with Crippen LogP contribution in [-0.4, -0.2) is 10.7 Å². The van der Waals surface area contributed by atoms with E-state index in [4.69, 9.17) is 4.74 Å². The minimum atomic E-state index is -0.220. The summed E-state index contributed by atoms with van der Waals surface area (Å²) in [6, 6.07) is 5.37. The van der Waals surface area contributed by atoms with Crippen molar-refractivity contribution in [3.8, 4) is 11.5 Å². The Hall–Kier alpha value is -1.70. The molecular weight excluding hydrogens is 224 g/mol. The molecule has 0 fully saturated rings. The number of ether oxygens (including phenoxy) is 1. The first-order chi connectivity index (χ1) is 8.47. The Morgan fingerprint density at radius 3 is 2.83 bits per heavy atom. The summed E-state index contributed by atoms with van der Waals surface area (Å²) in [5, 5.41) is 9.68. The Morgan fingerprint density at radius 1 is 1.28 bits per heavy atom. The van der Waals surface area contributed by atoms with Gasteiger partial charge in [0.1, 0.15) is 17.1 Å². The molecule has 2 heteroatoms. The fourth-order valence-corrected chi connectivity index (χ4v) is 3.01. The van der Waals surface area contributed by atoms with E-state index in [2.05, 4.69) is 39.0 Å². The highest BCUT2D eigenvalue weighted by molar-refractivity contribution is 5.49. The first kappa shape index (κ1) is 11.4. The van der Waals surface area contributed by atoms with Gasteiger partial charge >= 0.3 is 0 Å². The summed E-state index contributed by atoms with van der Waals surface area (Å²) < 4.78 is 6.09. The van der Waals surface area contributed by atoms with Crippen molar-refractivity contribution in [1.82, 2.24) is 0 Å². The fraction of sp³-hybridized carbons (Fsp3) is 0.375. The summed E-state index contributed by atoms with van der Waals surface area (Å²) in [5.74, 6) is 1.80. The summed E-state index contributed by atoms with van der Waals surface area (Å²) in [7, 11) is 0. The van der Waals surface area contributed by atoms with Gasteiger partial charge in [0.15, 0.2) is 0 Å². The molecule has 2 nitrogen and oxygen atoms in total. The van der Waals surface area contributed by atoms with E-state index >= 15 is 0 Å². The SMILES string of the molecule is CC1=CC2c3cc(O)ccc3OC(C)(C)C2C=C1. The molecule has 3 rings (SSSR count). The largest absolute Gasteiger partial charge is 0.508 e. The third-order valence-corrected chi connectivity index (χ3v) is 3.92. The second kappa shape index (κ2) is 3.64. The molecule has 0 aromatic heterocycles. The zero-order chi connectivity index (χ0) is 12.9. The van der Waals surface area contributed by atoms with Gasteiger partial charge in [-0.3, -0.25) is 0 Å². The lowest BCUT2D eigenvalue weighted by Gasteiger charge is -2.44. The van der Waals surface area contributed by atoms with Gasteiger partial charge in [-0.1, -0.05) is 23.8 Å². The molecule has 0 saturated carbocycles. The second-order valence-electron chi connectivity index (χ2n) is 5.75. The van der Waals surface area contributed by atoms with E-state index in [1.165, 1.54) is 5.57 Å². The van der Waals surface area contributed by atoms with E-state index in [0.717, 1.165) is 11.3 Å². The molecule has 0 amide bonds. The fourth-order valence-electron chi connectivity index (χ4n) is 3.01.